The molecule has 8 heteroatoms. The summed E-state index contributed by atoms with van der Waals surface area (Å²) in [6, 6.07) is 9.23. The van der Waals surface area contributed by atoms with Gasteiger partial charge in [-0.1, -0.05) is 17.7 Å². The quantitative estimate of drug-likeness (QED) is 0.693. The summed E-state index contributed by atoms with van der Waals surface area (Å²) in [5.74, 6) is 0. The highest BCUT2D eigenvalue weighted by atomic mass is 35.5. The van der Waals surface area contributed by atoms with E-state index in [2.05, 4.69) is 20.9 Å². The number of fused-ring (bicyclic) bond motifs is 1. The molecule has 0 bridgehead atoms. The van der Waals surface area contributed by atoms with Crippen molar-refractivity contribution < 1.29 is 0 Å². The number of para-hydroxylation sites is 1. The average molecular weight is 386 g/mol. The Morgan fingerprint density at radius 2 is 2.08 bits per heavy atom. The molecule has 3 heterocycles. The van der Waals surface area contributed by atoms with Crippen molar-refractivity contribution in [1.82, 2.24) is 14.3 Å². The number of nitriles is 1. The summed E-state index contributed by atoms with van der Waals surface area (Å²) in [5, 5.41) is 11.8. The van der Waals surface area contributed by atoms with Gasteiger partial charge in [0.1, 0.15) is 6.07 Å². The summed E-state index contributed by atoms with van der Waals surface area (Å²) >= 11 is 7.78. The van der Waals surface area contributed by atoms with Crippen molar-refractivity contribution in [3.05, 3.63) is 62.5 Å². The van der Waals surface area contributed by atoms with E-state index in [0.717, 1.165) is 42.5 Å². The van der Waals surface area contributed by atoms with Crippen molar-refractivity contribution in [3.63, 3.8) is 0 Å². The molecule has 132 valence electrons. The van der Waals surface area contributed by atoms with Gasteiger partial charge >= 0.3 is 0 Å². The fourth-order valence-electron chi connectivity index (χ4n) is 3.25. The first kappa shape index (κ1) is 17.0. The Labute approximate surface area is 159 Å². The molecule has 6 nitrogen and oxygen atoms in total. The lowest BCUT2D eigenvalue weighted by atomic mass is 10.1. The Balaban J connectivity index is 1.47. The van der Waals surface area contributed by atoms with E-state index >= 15 is 0 Å². The number of benzene rings is 1. The molecular weight excluding hydrogens is 370 g/mol. The van der Waals surface area contributed by atoms with Crippen LogP contribution in [0.5, 0.6) is 0 Å². The molecular formula is C18H16ClN5OS. The monoisotopic (exact) mass is 385 g/mol. The first-order valence-electron chi connectivity index (χ1n) is 8.27. The molecule has 2 aromatic heterocycles. The molecule has 0 amide bonds. The summed E-state index contributed by atoms with van der Waals surface area (Å²) in [5.41, 5.74) is 2.16. The van der Waals surface area contributed by atoms with Gasteiger partial charge in [-0.05, 0) is 12.1 Å². The Bertz CT molecular complexity index is 1050. The van der Waals surface area contributed by atoms with Crippen molar-refractivity contribution in [1.29, 1.82) is 5.26 Å². The maximum absolute atomic E-state index is 12.1. The van der Waals surface area contributed by atoms with E-state index in [1.807, 2.05) is 11.4 Å². The Hall–Kier alpha value is -2.40. The Morgan fingerprint density at radius 3 is 2.85 bits per heavy atom. The molecule has 1 aliphatic heterocycles. The molecule has 1 aromatic carbocycles. The van der Waals surface area contributed by atoms with Gasteiger partial charge in [-0.2, -0.15) is 5.26 Å². The van der Waals surface area contributed by atoms with Crippen LogP contribution in [-0.4, -0.2) is 40.5 Å². The van der Waals surface area contributed by atoms with Gasteiger partial charge in [0.2, 0.25) is 0 Å². The lowest BCUT2D eigenvalue weighted by Crippen LogP contribution is -2.46. The third-order valence-electron chi connectivity index (χ3n) is 4.54. The fraction of sp³-hybridized carbons (Fsp3) is 0.278. The lowest BCUT2D eigenvalue weighted by molar-refractivity contribution is 0.247. The van der Waals surface area contributed by atoms with Crippen molar-refractivity contribution in [3.8, 4) is 6.07 Å². The maximum atomic E-state index is 12.1. The summed E-state index contributed by atoms with van der Waals surface area (Å²) < 4.78 is 1.56. The van der Waals surface area contributed by atoms with Crippen molar-refractivity contribution in [2.45, 2.75) is 6.54 Å². The largest absolute Gasteiger partial charge is 0.367 e. The molecule has 0 saturated carbocycles. The smallest absolute Gasteiger partial charge is 0.258 e. The zero-order chi connectivity index (χ0) is 18.1. The molecule has 4 rings (SSSR count). The maximum Gasteiger partial charge on any atom is 0.258 e. The van der Waals surface area contributed by atoms with Gasteiger partial charge in [0.05, 0.1) is 22.0 Å². The highest BCUT2D eigenvalue weighted by Gasteiger charge is 2.22. The molecule has 0 spiro atoms. The van der Waals surface area contributed by atoms with E-state index in [0.29, 0.717) is 17.1 Å². The van der Waals surface area contributed by atoms with Gasteiger partial charge in [-0.3, -0.25) is 14.1 Å². The van der Waals surface area contributed by atoms with Crippen LogP contribution in [0.3, 0.4) is 0 Å². The van der Waals surface area contributed by atoms with Gasteiger partial charge in [0.25, 0.3) is 5.56 Å². The summed E-state index contributed by atoms with van der Waals surface area (Å²) in [4.78, 5) is 21.8. The van der Waals surface area contributed by atoms with Gasteiger partial charge in [-0.15, -0.1) is 11.3 Å². The van der Waals surface area contributed by atoms with E-state index in [-0.39, 0.29) is 5.56 Å². The number of thiazole rings is 1. The zero-order valence-corrected chi connectivity index (χ0v) is 15.5. The van der Waals surface area contributed by atoms with Crippen molar-refractivity contribution in [2.24, 2.45) is 0 Å². The highest BCUT2D eigenvalue weighted by Crippen LogP contribution is 2.30. The number of anilines is 1. The number of piperazine rings is 1. The Kier molecular flexibility index (Phi) is 4.64. The Morgan fingerprint density at radius 1 is 1.27 bits per heavy atom. The number of halogens is 1. The van der Waals surface area contributed by atoms with E-state index in [9.17, 15) is 10.1 Å². The first-order valence-corrected chi connectivity index (χ1v) is 9.53. The second-order valence-electron chi connectivity index (χ2n) is 6.15. The highest BCUT2D eigenvalue weighted by molar-refractivity contribution is 7.15. The van der Waals surface area contributed by atoms with Crippen molar-refractivity contribution in [2.75, 3.05) is 31.1 Å². The van der Waals surface area contributed by atoms with Crippen LogP contribution in [-0.2, 0) is 6.54 Å². The van der Waals surface area contributed by atoms with Gasteiger partial charge < -0.3 is 4.90 Å². The van der Waals surface area contributed by atoms with Crippen LogP contribution in [0.25, 0.3) is 4.96 Å². The van der Waals surface area contributed by atoms with Crippen LogP contribution in [0, 0.1) is 11.3 Å². The molecule has 0 unspecified atom stereocenters. The number of nitrogens with zero attached hydrogens (tertiary/aromatic N) is 5. The average Bonchev–Trinajstić information content (AvgIpc) is 3.11. The molecule has 1 fully saturated rings. The van der Waals surface area contributed by atoms with Crippen LogP contribution in [0.4, 0.5) is 5.69 Å². The molecule has 26 heavy (non-hydrogen) atoms. The van der Waals surface area contributed by atoms with Crippen molar-refractivity contribution >= 4 is 33.6 Å². The van der Waals surface area contributed by atoms with Crippen LogP contribution in [0.1, 0.15) is 11.3 Å². The predicted octanol–water partition coefficient (Wildman–Crippen LogP) is 2.60. The summed E-state index contributed by atoms with van der Waals surface area (Å²) in [7, 11) is 0. The summed E-state index contributed by atoms with van der Waals surface area (Å²) in [6.07, 6.45) is 1.74. The first-order chi connectivity index (χ1) is 12.7. The lowest BCUT2D eigenvalue weighted by Gasteiger charge is -2.36. The van der Waals surface area contributed by atoms with Crippen LogP contribution >= 0.6 is 22.9 Å². The van der Waals surface area contributed by atoms with E-state index in [1.54, 1.807) is 28.8 Å². The zero-order valence-electron chi connectivity index (χ0n) is 13.9. The molecule has 1 saturated heterocycles. The third kappa shape index (κ3) is 3.19. The molecule has 1 aliphatic rings. The second-order valence-corrected chi connectivity index (χ2v) is 7.43. The number of aromatic nitrogens is 2. The van der Waals surface area contributed by atoms with Crippen LogP contribution < -0.4 is 10.5 Å². The predicted molar refractivity (Wildman–Crippen MR) is 103 cm³/mol. The molecule has 0 N–H and O–H groups in total. The third-order valence-corrected chi connectivity index (χ3v) is 5.60. The topological polar surface area (TPSA) is 64.6 Å². The minimum absolute atomic E-state index is 0.0420. The van der Waals surface area contributed by atoms with E-state index < -0.39 is 0 Å². The summed E-state index contributed by atoms with van der Waals surface area (Å²) in [6.45, 7) is 3.84. The minimum Gasteiger partial charge on any atom is -0.367 e. The van der Waals surface area contributed by atoms with E-state index in [4.69, 9.17) is 11.6 Å². The molecule has 0 radical (unpaired) electrons. The van der Waals surface area contributed by atoms with Crippen LogP contribution in [0.2, 0.25) is 5.02 Å². The number of hydrogen-bond acceptors (Lipinski definition) is 6. The fourth-order valence-corrected chi connectivity index (χ4v) is 4.29. The molecule has 3 aromatic rings. The van der Waals surface area contributed by atoms with Gasteiger partial charge in [0, 0.05) is 50.4 Å². The SMILES string of the molecule is N#Cc1cccc(Cl)c1N1CCN(Cc2cc(=O)n3ccsc3n2)CC1. The normalized spacial score (nSPS) is 15.3. The second kappa shape index (κ2) is 7.08. The number of rotatable bonds is 3. The van der Waals surface area contributed by atoms with Crippen LogP contribution in [0.15, 0.2) is 40.6 Å². The molecule has 0 atom stereocenters. The van der Waals surface area contributed by atoms with Gasteiger partial charge in [0.15, 0.2) is 4.96 Å². The minimum atomic E-state index is -0.0420. The van der Waals surface area contributed by atoms with E-state index in [1.165, 1.54) is 11.3 Å². The standard InChI is InChI=1S/C18H16ClN5OS/c19-15-3-1-2-13(11-20)17(15)23-6-4-22(5-7-23)12-14-10-16(25)24-8-9-26-18(24)21-14/h1-3,8-10H,4-7,12H2. The molecule has 0 aliphatic carbocycles. The number of hydrogen-bond donors (Lipinski definition) is 0. The van der Waals surface area contributed by atoms with Gasteiger partial charge in [-0.25, -0.2) is 4.98 Å².